The molecule has 0 rings (SSSR count). The van der Waals surface area contributed by atoms with Gasteiger partial charge in [0, 0.05) is 0 Å². The van der Waals surface area contributed by atoms with Crippen LogP contribution in [0.25, 0.3) is 0 Å². The third-order valence-corrected chi connectivity index (χ3v) is 5.70. The van der Waals surface area contributed by atoms with Crippen LogP contribution >= 0.6 is 7.82 Å². The quantitative estimate of drug-likeness (QED) is 0.193. The van der Waals surface area contributed by atoms with Crippen LogP contribution in [0, 0.1) is 0 Å². The molecule has 0 radical (unpaired) electrons. The molecule has 0 saturated carbocycles. The largest absolute Gasteiger partial charge is 0.470 e. The molecule has 1 atom stereocenters. The number of hydrogen-bond acceptors (Lipinski definition) is 3. The van der Waals surface area contributed by atoms with E-state index in [9.17, 15) is 9.67 Å². The summed E-state index contributed by atoms with van der Waals surface area (Å²) in [5, 5.41) is 10.1. The van der Waals surface area contributed by atoms with Crippen molar-refractivity contribution in [2.75, 3.05) is 0 Å². The van der Waals surface area contributed by atoms with Crippen LogP contribution in [0.3, 0.4) is 0 Å². The summed E-state index contributed by atoms with van der Waals surface area (Å²) in [6.07, 6.45) is 17.5. The van der Waals surface area contributed by atoms with Crippen LogP contribution in [-0.2, 0) is 9.09 Å². The van der Waals surface area contributed by atoms with E-state index in [0.717, 1.165) is 19.3 Å². The van der Waals surface area contributed by atoms with Gasteiger partial charge >= 0.3 is 7.82 Å². The highest BCUT2D eigenvalue weighted by molar-refractivity contribution is 7.46. The van der Waals surface area contributed by atoms with E-state index in [1.54, 1.807) is 0 Å². The van der Waals surface area contributed by atoms with Crippen molar-refractivity contribution in [2.45, 2.75) is 129 Å². The van der Waals surface area contributed by atoms with Crippen LogP contribution in [0.4, 0.5) is 0 Å². The Bertz CT molecular complexity index is 367. The maximum Gasteiger partial charge on any atom is 0.470 e. The Morgan fingerprint density at radius 3 is 1.46 bits per heavy atom. The molecule has 0 spiro atoms. The Hall–Kier alpha value is 0.0700. The predicted octanol–water partition coefficient (Wildman–Crippen LogP) is 6.11. The van der Waals surface area contributed by atoms with Crippen molar-refractivity contribution in [3.8, 4) is 0 Å². The molecule has 0 saturated heterocycles. The number of unbranched alkanes of at least 4 members (excludes halogenated alkanes) is 13. The zero-order valence-electron chi connectivity index (χ0n) is 17.3. The van der Waals surface area contributed by atoms with Crippen molar-refractivity contribution >= 4 is 7.82 Å². The molecule has 3 N–H and O–H groups in total. The third-order valence-electron chi connectivity index (χ3n) is 4.99. The number of rotatable bonds is 18. The maximum absolute atomic E-state index is 10.9. The number of aliphatic hydroxyl groups is 1. The average Bonchev–Trinajstić information content (AvgIpc) is 2.52. The Balaban J connectivity index is 3.44. The van der Waals surface area contributed by atoms with Gasteiger partial charge in [-0.2, -0.15) is 0 Å². The number of phosphoric acid groups is 1. The van der Waals surface area contributed by atoms with E-state index >= 15 is 0 Å². The summed E-state index contributed by atoms with van der Waals surface area (Å²) in [6, 6.07) is 0. The van der Waals surface area contributed by atoms with Crippen LogP contribution in [0.15, 0.2) is 0 Å². The van der Waals surface area contributed by atoms with Crippen LogP contribution in [0.1, 0.15) is 117 Å². The van der Waals surface area contributed by atoms with Gasteiger partial charge in [-0.05, 0) is 20.3 Å². The van der Waals surface area contributed by atoms with Gasteiger partial charge < -0.3 is 14.9 Å². The Morgan fingerprint density at radius 2 is 1.12 bits per heavy atom. The summed E-state index contributed by atoms with van der Waals surface area (Å²) in [6.45, 7) is 5.28. The third kappa shape index (κ3) is 16.3. The first-order valence-corrected chi connectivity index (χ1v) is 12.2. The fourth-order valence-electron chi connectivity index (χ4n) is 3.25. The van der Waals surface area contributed by atoms with E-state index < -0.39 is 19.5 Å². The van der Waals surface area contributed by atoms with E-state index in [-0.39, 0.29) is 0 Å². The standard InChI is InChI=1S/C20H43O5P/c1-4-5-6-7-8-9-10-11-12-13-14-15-16-17-18-19(21)20(2,3)25-26(22,23)24/h19,21H,4-18H2,1-3H3,(H2,22,23,24). The molecule has 0 aromatic carbocycles. The minimum Gasteiger partial charge on any atom is -0.390 e. The molecular formula is C20H43O5P. The second kappa shape index (κ2) is 15.0. The van der Waals surface area contributed by atoms with Gasteiger partial charge in [0.2, 0.25) is 0 Å². The van der Waals surface area contributed by atoms with E-state index in [1.165, 1.54) is 84.5 Å². The minimum absolute atomic E-state index is 0.505. The Labute approximate surface area is 161 Å². The zero-order valence-corrected chi connectivity index (χ0v) is 18.2. The van der Waals surface area contributed by atoms with Gasteiger partial charge in [0.15, 0.2) is 0 Å². The average molecular weight is 395 g/mol. The molecule has 26 heavy (non-hydrogen) atoms. The zero-order chi connectivity index (χ0) is 19.9. The summed E-state index contributed by atoms with van der Waals surface area (Å²) in [5.74, 6) is 0. The molecule has 0 amide bonds. The summed E-state index contributed by atoms with van der Waals surface area (Å²) >= 11 is 0. The molecule has 1 unspecified atom stereocenters. The predicted molar refractivity (Wildman–Crippen MR) is 108 cm³/mol. The van der Waals surface area contributed by atoms with E-state index in [4.69, 9.17) is 9.79 Å². The first-order valence-electron chi connectivity index (χ1n) is 10.6. The van der Waals surface area contributed by atoms with Crippen LogP contribution in [-0.4, -0.2) is 26.6 Å². The minimum atomic E-state index is -4.57. The smallest absolute Gasteiger partial charge is 0.390 e. The fourth-order valence-corrected chi connectivity index (χ4v) is 3.98. The number of aliphatic hydroxyl groups excluding tert-OH is 1. The van der Waals surface area contributed by atoms with Gasteiger partial charge in [0.25, 0.3) is 0 Å². The van der Waals surface area contributed by atoms with Gasteiger partial charge in [-0.25, -0.2) is 4.57 Å². The topological polar surface area (TPSA) is 87.0 Å². The summed E-state index contributed by atoms with van der Waals surface area (Å²) in [5.41, 5.74) is -1.23. The maximum atomic E-state index is 10.9. The van der Waals surface area contributed by atoms with E-state index in [1.807, 2.05) is 0 Å². The van der Waals surface area contributed by atoms with Crippen molar-refractivity contribution in [3.05, 3.63) is 0 Å². The first-order chi connectivity index (χ1) is 12.2. The molecule has 158 valence electrons. The lowest BCUT2D eigenvalue weighted by Crippen LogP contribution is -2.38. The molecule has 0 fully saturated rings. The van der Waals surface area contributed by atoms with E-state index in [0.29, 0.717) is 6.42 Å². The fraction of sp³-hybridized carbons (Fsp3) is 1.00. The van der Waals surface area contributed by atoms with Crippen molar-refractivity contribution in [1.82, 2.24) is 0 Å². The lowest BCUT2D eigenvalue weighted by atomic mass is 9.96. The highest BCUT2D eigenvalue weighted by Gasteiger charge is 2.35. The van der Waals surface area contributed by atoms with Gasteiger partial charge in [-0.3, -0.25) is 4.52 Å². The van der Waals surface area contributed by atoms with Crippen LogP contribution < -0.4 is 0 Å². The lowest BCUT2D eigenvalue weighted by Gasteiger charge is -2.30. The summed E-state index contributed by atoms with van der Waals surface area (Å²) < 4.78 is 15.6. The first kappa shape index (κ1) is 26.1. The monoisotopic (exact) mass is 394 g/mol. The molecule has 5 nitrogen and oxygen atoms in total. The highest BCUT2D eigenvalue weighted by atomic mass is 31.2. The van der Waals surface area contributed by atoms with Crippen molar-refractivity contribution in [1.29, 1.82) is 0 Å². The van der Waals surface area contributed by atoms with Crippen molar-refractivity contribution < 1.29 is 24.0 Å². The molecule has 0 bridgehead atoms. The molecular weight excluding hydrogens is 351 g/mol. The van der Waals surface area contributed by atoms with Crippen molar-refractivity contribution in [3.63, 3.8) is 0 Å². The van der Waals surface area contributed by atoms with Crippen molar-refractivity contribution in [2.24, 2.45) is 0 Å². The number of hydrogen-bond donors (Lipinski definition) is 3. The SMILES string of the molecule is CCCCCCCCCCCCCCCCC(O)C(C)(C)OP(=O)(O)O. The van der Waals surface area contributed by atoms with Gasteiger partial charge in [0.05, 0.1) is 6.10 Å². The Kier molecular flexibility index (Phi) is 15.1. The molecule has 0 aliphatic carbocycles. The van der Waals surface area contributed by atoms with Crippen LogP contribution in [0.5, 0.6) is 0 Å². The molecule has 0 aliphatic heterocycles. The van der Waals surface area contributed by atoms with Crippen LogP contribution in [0.2, 0.25) is 0 Å². The second-order valence-corrected chi connectivity index (χ2v) is 9.25. The molecule has 0 aliphatic rings. The van der Waals surface area contributed by atoms with Gasteiger partial charge in [0.1, 0.15) is 5.60 Å². The van der Waals surface area contributed by atoms with E-state index in [2.05, 4.69) is 11.4 Å². The summed E-state index contributed by atoms with van der Waals surface area (Å²) in [7, 11) is -4.57. The molecule has 0 aromatic rings. The number of phosphoric ester groups is 1. The highest BCUT2D eigenvalue weighted by Crippen LogP contribution is 2.42. The molecule has 0 heterocycles. The molecule has 6 heteroatoms. The normalized spacial score (nSPS) is 13.9. The second-order valence-electron chi connectivity index (χ2n) is 8.09. The summed E-state index contributed by atoms with van der Waals surface area (Å²) in [4.78, 5) is 17.7. The lowest BCUT2D eigenvalue weighted by molar-refractivity contribution is -0.0486. The molecule has 0 aromatic heterocycles. The van der Waals surface area contributed by atoms with Gasteiger partial charge in [-0.1, -0.05) is 96.8 Å². The van der Waals surface area contributed by atoms with Gasteiger partial charge in [-0.15, -0.1) is 0 Å². The Morgan fingerprint density at radius 1 is 0.769 bits per heavy atom.